The summed E-state index contributed by atoms with van der Waals surface area (Å²) in [5, 5.41) is 6.98. The molecule has 0 fully saturated rings. The molecule has 18 heavy (non-hydrogen) atoms. The van der Waals surface area contributed by atoms with Crippen molar-refractivity contribution < 1.29 is 4.74 Å². The van der Waals surface area contributed by atoms with E-state index < -0.39 is 0 Å². The maximum absolute atomic E-state index is 5.69. The Morgan fingerprint density at radius 1 is 1.39 bits per heavy atom. The first-order valence-electron chi connectivity index (χ1n) is 6.97. The molecule has 1 aromatic carbocycles. The molecule has 1 aliphatic rings. The van der Waals surface area contributed by atoms with E-state index in [2.05, 4.69) is 42.7 Å². The molecule has 0 saturated carbocycles. The third-order valence-corrected chi connectivity index (χ3v) is 3.50. The number of rotatable bonds is 6. The number of likely N-dealkylation sites (N-methyl/N-ethyl adjacent to an activating group) is 1. The normalized spacial score (nSPS) is 20.0. The third kappa shape index (κ3) is 3.47. The summed E-state index contributed by atoms with van der Waals surface area (Å²) in [7, 11) is 0. The van der Waals surface area contributed by atoms with Crippen LogP contribution in [0.5, 0.6) is 5.75 Å². The zero-order valence-corrected chi connectivity index (χ0v) is 11.4. The third-order valence-electron chi connectivity index (χ3n) is 3.50. The van der Waals surface area contributed by atoms with Crippen molar-refractivity contribution in [3.8, 4) is 5.75 Å². The molecule has 0 saturated heterocycles. The summed E-state index contributed by atoms with van der Waals surface area (Å²) in [6, 6.07) is 8.92. The highest BCUT2D eigenvalue weighted by Crippen LogP contribution is 2.32. The Morgan fingerprint density at radius 3 is 3.06 bits per heavy atom. The van der Waals surface area contributed by atoms with Gasteiger partial charge in [0, 0.05) is 25.0 Å². The Balaban J connectivity index is 1.87. The van der Waals surface area contributed by atoms with Crippen LogP contribution in [0.4, 0.5) is 0 Å². The molecular formula is C15H24N2O. The highest BCUT2D eigenvalue weighted by molar-refractivity contribution is 5.37. The van der Waals surface area contributed by atoms with E-state index in [-0.39, 0.29) is 0 Å². The lowest BCUT2D eigenvalue weighted by Crippen LogP contribution is -2.39. The smallest absolute Gasteiger partial charge is 0.122 e. The van der Waals surface area contributed by atoms with Crippen molar-refractivity contribution in [3.05, 3.63) is 29.8 Å². The summed E-state index contributed by atoms with van der Waals surface area (Å²) in [4.78, 5) is 0. The topological polar surface area (TPSA) is 33.3 Å². The predicted molar refractivity (Wildman–Crippen MR) is 75.3 cm³/mol. The average Bonchev–Trinajstić information content (AvgIpc) is 2.42. The van der Waals surface area contributed by atoms with Crippen molar-refractivity contribution in [2.24, 2.45) is 0 Å². The SMILES string of the molecule is CCNCC(C)NCC1CCOc2ccccc21. The van der Waals surface area contributed by atoms with E-state index in [9.17, 15) is 0 Å². The van der Waals surface area contributed by atoms with Crippen LogP contribution < -0.4 is 15.4 Å². The minimum absolute atomic E-state index is 0.514. The fourth-order valence-corrected chi connectivity index (χ4v) is 2.40. The lowest BCUT2D eigenvalue weighted by atomic mass is 9.93. The van der Waals surface area contributed by atoms with E-state index in [1.807, 2.05) is 6.07 Å². The number of para-hydroxylation sites is 1. The fraction of sp³-hybridized carbons (Fsp3) is 0.600. The lowest BCUT2D eigenvalue weighted by molar-refractivity contribution is 0.262. The Hall–Kier alpha value is -1.06. The molecule has 2 atom stereocenters. The number of benzene rings is 1. The molecule has 0 bridgehead atoms. The van der Waals surface area contributed by atoms with Gasteiger partial charge in [0.05, 0.1) is 6.61 Å². The van der Waals surface area contributed by atoms with Crippen molar-refractivity contribution in [1.29, 1.82) is 0 Å². The zero-order chi connectivity index (χ0) is 12.8. The van der Waals surface area contributed by atoms with E-state index in [0.29, 0.717) is 12.0 Å². The molecule has 2 unspecified atom stereocenters. The molecule has 0 aromatic heterocycles. The molecule has 1 heterocycles. The first-order chi connectivity index (χ1) is 8.81. The van der Waals surface area contributed by atoms with Crippen LogP contribution in [0.25, 0.3) is 0 Å². The van der Waals surface area contributed by atoms with E-state index in [1.54, 1.807) is 0 Å². The minimum atomic E-state index is 0.514. The molecule has 2 rings (SSSR count). The zero-order valence-electron chi connectivity index (χ0n) is 11.4. The van der Waals surface area contributed by atoms with Crippen molar-refractivity contribution in [3.63, 3.8) is 0 Å². The Labute approximate surface area is 110 Å². The van der Waals surface area contributed by atoms with Crippen LogP contribution in [0.2, 0.25) is 0 Å². The van der Waals surface area contributed by atoms with E-state index in [4.69, 9.17) is 4.74 Å². The number of ether oxygens (including phenoxy) is 1. The largest absolute Gasteiger partial charge is 0.493 e. The van der Waals surface area contributed by atoms with Crippen LogP contribution in [0.3, 0.4) is 0 Å². The second-order valence-electron chi connectivity index (χ2n) is 4.99. The van der Waals surface area contributed by atoms with Gasteiger partial charge in [-0.3, -0.25) is 0 Å². The second kappa shape index (κ2) is 6.76. The maximum atomic E-state index is 5.69. The van der Waals surface area contributed by atoms with Gasteiger partial charge in [-0.05, 0) is 31.5 Å². The predicted octanol–water partition coefficient (Wildman–Crippen LogP) is 2.14. The molecule has 0 spiro atoms. The summed E-state index contributed by atoms with van der Waals surface area (Å²) >= 11 is 0. The molecule has 100 valence electrons. The first kappa shape index (κ1) is 13.4. The molecule has 0 amide bonds. The van der Waals surface area contributed by atoms with Gasteiger partial charge in [0.1, 0.15) is 5.75 Å². The van der Waals surface area contributed by atoms with Gasteiger partial charge in [-0.2, -0.15) is 0 Å². The molecular weight excluding hydrogens is 224 g/mol. The molecule has 0 radical (unpaired) electrons. The van der Waals surface area contributed by atoms with Crippen molar-refractivity contribution >= 4 is 0 Å². The van der Waals surface area contributed by atoms with E-state index in [1.165, 1.54) is 5.56 Å². The van der Waals surface area contributed by atoms with Gasteiger partial charge >= 0.3 is 0 Å². The lowest BCUT2D eigenvalue weighted by Gasteiger charge is -2.27. The molecule has 2 N–H and O–H groups in total. The molecule has 3 heteroatoms. The first-order valence-corrected chi connectivity index (χ1v) is 6.97. The molecule has 1 aromatic rings. The Morgan fingerprint density at radius 2 is 2.22 bits per heavy atom. The molecule has 3 nitrogen and oxygen atoms in total. The van der Waals surface area contributed by atoms with Crippen LogP contribution >= 0.6 is 0 Å². The van der Waals surface area contributed by atoms with Gasteiger partial charge in [0.25, 0.3) is 0 Å². The Bertz CT molecular complexity index is 367. The van der Waals surface area contributed by atoms with Crippen LogP contribution in [0.1, 0.15) is 31.7 Å². The number of fused-ring (bicyclic) bond motifs is 1. The highest BCUT2D eigenvalue weighted by Gasteiger charge is 2.20. The minimum Gasteiger partial charge on any atom is -0.493 e. The van der Waals surface area contributed by atoms with Crippen LogP contribution in [0, 0.1) is 0 Å². The monoisotopic (exact) mass is 248 g/mol. The molecule has 1 aliphatic heterocycles. The van der Waals surface area contributed by atoms with Crippen LogP contribution in [-0.2, 0) is 0 Å². The number of hydrogen-bond donors (Lipinski definition) is 2. The second-order valence-corrected chi connectivity index (χ2v) is 4.99. The standard InChI is InChI=1S/C15H24N2O/c1-3-16-10-12(2)17-11-13-8-9-18-15-7-5-4-6-14(13)15/h4-7,12-13,16-17H,3,8-11H2,1-2H3. The van der Waals surface area contributed by atoms with Crippen LogP contribution in [-0.4, -0.2) is 32.3 Å². The summed E-state index contributed by atoms with van der Waals surface area (Å²) in [5.74, 6) is 1.65. The van der Waals surface area contributed by atoms with Gasteiger partial charge in [-0.15, -0.1) is 0 Å². The van der Waals surface area contributed by atoms with Crippen LogP contribution in [0.15, 0.2) is 24.3 Å². The van der Waals surface area contributed by atoms with Crippen molar-refractivity contribution in [1.82, 2.24) is 10.6 Å². The summed E-state index contributed by atoms with van der Waals surface area (Å²) < 4.78 is 5.69. The van der Waals surface area contributed by atoms with Gasteiger partial charge in [0.15, 0.2) is 0 Å². The summed E-state index contributed by atoms with van der Waals surface area (Å²) in [6.45, 7) is 8.31. The van der Waals surface area contributed by atoms with Gasteiger partial charge in [-0.1, -0.05) is 25.1 Å². The van der Waals surface area contributed by atoms with Crippen molar-refractivity contribution in [2.45, 2.75) is 32.2 Å². The Kier molecular flexibility index (Phi) is 5.02. The van der Waals surface area contributed by atoms with Crippen molar-refractivity contribution in [2.75, 3.05) is 26.2 Å². The van der Waals surface area contributed by atoms with E-state index >= 15 is 0 Å². The number of hydrogen-bond acceptors (Lipinski definition) is 3. The van der Waals surface area contributed by atoms with E-state index in [0.717, 1.165) is 38.4 Å². The van der Waals surface area contributed by atoms with Gasteiger partial charge in [0.2, 0.25) is 0 Å². The van der Waals surface area contributed by atoms with Gasteiger partial charge in [-0.25, -0.2) is 0 Å². The fourth-order valence-electron chi connectivity index (χ4n) is 2.40. The average molecular weight is 248 g/mol. The maximum Gasteiger partial charge on any atom is 0.122 e. The quantitative estimate of drug-likeness (QED) is 0.809. The summed E-state index contributed by atoms with van der Waals surface area (Å²) in [6.07, 6.45) is 1.11. The highest BCUT2D eigenvalue weighted by atomic mass is 16.5. The molecule has 0 aliphatic carbocycles. The van der Waals surface area contributed by atoms with Gasteiger partial charge < -0.3 is 15.4 Å². The summed E-state index contributed by atoms with van der Waals surface area (Å²) in [5.41, 5.74) is 1.35. The number of nitrogens with one attached hydrogen (secondary N) is 2.